The Hall–Kier alpha value is -2.36. The van der Waals surface area contributed by atoms with Gasteiger partial charge < -0.3 is 0 Å². The molecule has 1 saturated carbocycles. The Bertz CT molecular complexity index is 1560. The summed E-state index contributed by atoms with van der Waals surface area (Å²) in [6, 6.07) is 68.9. The quantitative estimate of drug-likeness (QED) is 0.0951. The van der Waals surface area contributed by atoms with Gasteiger partial charge >= 0.3 is 310 Å². The van der Waals surface area contributed by atoms with Crippen molar-refractivity contribution in [2.45, 2.75) is 19.3 Å². The molecule has 0 amide bonds. The molecule has 0 nitrogen and oxygen atoms in total. The van der Waals surface area contributed by atoms with Gasteiger partial charge in [0.25, 0.3) is 0 Å². The van der Waals surface area contributed by atoms with Crippen LogP contribution in [0.4, 0.5) is 0 Å². The molecule has 0 heterocycles. The van der Waals surface area contributed by atoms with Gasteiger partial charge in [-0.25, -0.2) is 0 Å². The molecule has 0 unspecified atom stereocenters. The van der Waals surface area contributed by atoms with Crippen LogP contribution in [0, 0.1) is 11.8 Å². The molecule has 1 aliphatic rings. The zero-order valence-corrected chi connectivity index (χ0v) is 32.8. The average molecular weight is 875 g/mol. The summed E-state index contributed by atoms with van der Waals surface area (Å²) in [6.07, 6.45) is 6.21. The Balaban J connectivity index is 1.33. The fourth-order valence-corrected chi connectivity index (χ4v) is 28.0. The minimum absolute atomic E-state index is 0.641. The predicted octanol–water partition coefficient (Wildman–Crippen LogP) is 10.2. The van der Waals surface area contributed by atoms with Crippen LogP contribution in [0.15, 0.2) is 182 Å². The summed E-state index contributed by atoms with van der Waals surface area (Å²) in [7, 11) is 0. The summed E-state index contributed by atoms with van der Waals surface area (Å²) < 4.78 is -5.67. The van der Waals surface area contributed by atoms with Crippen molar-refractivity contribution in [3.63, 3.8) is 0 Å². The van der Waals surface area contributed by atoms with Gasteiger partial charge in [-0.3, -0.25) is 0 Å². The molecule has 6 aromatic rings. The Morgan fingerprint density at radius 3 is 0.723 bits per heavy atom. The second-order valence-electron chi connectivity index (χ2n) is 13.3. The van der Waals surface area contributed by atoms with Crippen LogP contribution in [0.5, 0.6) is 0 Å². The van der Waals surface area contributed by atoms with Gasteiger partial charge in [0.1, 0.15) is 0 Å². The van der Waals surface area contributed by atoms with Gasteiger partial charge in [-0.15, -0.1) is 0 Å². The molecule has 0 N–H and O–H groups in total. The number of halogens is 2. The Morgan fingerprint density at radius 2 is 0.532 bits per heavy atom. The second-order valence-corrected chi connectivity index (χ2v) is 34.6. The topological polar surface area (TPSA) is 0 Å². The summed E-state index contributed by atoms with van der Waals surface area (Å²) >= 11 is 6.00. The van der Waals surface area contributed by atoms with E-state index in [0.29, 0.717) is 11.8 Å². The van der Waals surface area contributed by atoms with Crippen LogP contribution in [0.3, 0.4) is 0 Å². The average Bonchev–Trinajstić information content (AvgIpc) is 3.59. The molecule has 0 bridgehead atoms. The molecule has 0 radical (unpaired) electrons. The van der Waals surface area contributed by atoms with Gasteiger partial charge in [-0.05, 0) is 0 Å². The van der Waals surface area contributed by atoms with E-state index in [9.17, 15) is 0 Å². The van der Waals surface area contributed by atoms with Crippen molar-refractivity contribution in [1.29, 1.82) is 0 Å². The van der Waals surface area contributed by atoms with Crippen LogP contribution in [-0.2, 0) is 0 Å². The molecule has 6 aromatic carbocycles. The van der Waals surface area contributed by atoms with E-state index in [1.807, 2.05) is 0 Å². The van der Waals surface area contributed by atoms with Crippen LogP contribution >= 0.6 is 52.6 Å². The van der Waals surface area contributed by atoms with Crippen molar-refractivity contribution < 1.29 is 0 Å². The maximum atomic E-state index is 3.00. The maximum absolute atomic E-state index is 3.00. The van der Waals surface area contributed by atoms with E-state index in [0.717, 1.165) is 0 Å². The molecular weight excluding hydrogens is 832 g/mol. The first-order valence-corrected chi connectivity index (χ1v) is 27.1. The molecule has 0 saturated heterocycles. The molecule has 0 aliphatic heterocycles. The van der Waals surface area contributed by atoms with E-state index >= 15 is 0 Å². The van der Waals surface area contributed by atoms with Crippen LogP contribution in [0.1, 0.15) is 19.3 Å². The van der Waals surface area contributed by atoms with Gasteiger partial charge in [0.05, 0.1) is 0 Å². The molecule has 7 rings (SSSR count). The van der Waals surface area contributed by atoms with Crippen molar-refractivity contribution in [3.05, 3.63) is 182 Å². The van der Waals surface area contributed by atoms with Crippen LogP contribution in [0.25, 0.3) is 0 Å². The first-order valence-electron chi connectivity index (χ1n) is 16.7. The first-order chi connectivity index (χ1) is 22.9. The van der Waals surface area contributed by atoms with Crippen LogP contribution in [0.2, 0.25) is 0 Å². The van der Waals surface area contributed by atoms with E-state index in [2.05, 4.69) is 226 Å². The van der Waals surface area contributed by atoms with Crippen molar-refractivity contribution >= 4 is 84.4 Å². The Kier molecular flexibility index (Phi) is 9.53. The fraction of sp³-hybridized carbons (Fsp3) is 0.163. The molecular formula is C43H42I2P2. The standard InChI is InChI=1S/C43H42I2P2/c44-46(38-19-7-1-8-20-38,39-21-9-2-10-22-39,40-23-11-3-12-24-40)34-36-31-32-37(33-36)35-47(45,41-25-13-4-14-26-41,42-27-15-5-16-28-42)43-29-17-6-18-30-43/h1-30,36-37H,31-35H2/t36-,37+. The van der Waals surface area contributed by atoms with Gasteiger partial charge in [-0.1, -0.05) is 0 Å². The summed E-state index contributed by atoms with van der Waals surface area (Å²) in [6.45, 7) is 0. The third kappa shape index (κ3) is 5.76. The van der Waals surface area contributed by atoms with E-state index in [-0.39, 0.29) is 0 Å². The van der Waals surface area contributed by atoms with Crippen molar-refractivity contribution in [2.24, 2.45) is 11.8 Å². The third-order valence-corrected chi connectivity index (χ3v) is 33.7. The fourth-order valence-electron chi connectivity index (χ4n) is 8.44. The van der Waals surface area contributed by atoms with Gasteiger partial charge in [0.2, 0.25) is 0 Å². The van der Waals surface area contributed by atoms with E-state index in [4.69, 9.17) is 0 Å². The zero-order valence-electron chi connectivity index (χ0n) is 26.7. The van der Waals surface area contributed by atoms with E-state index in [1.165, 1.54) is 63.4 Å². The van der Waals surface area contributed by atoms with E-state index < -0.39 is 8.49 Å². The summed E-state index contributed by atoms with van der Waals surface area (Å²) in [5.41, 5.74) is 0. The Morgan fingerprint density at radius 1 is 0.340 bits per heavy atom. The van der Waals surface area contributed by atoms with Gasteiger partial charge in [0.15, 0.2) is 0 Å². The van der Waals surface area contributed by atoms with Crippen LogP contribution < -0.4 is 31.8 Å². The summed E-state index contributed by atoms with van der Waals surface area (Å²) in [5.74, 6) is 1.28. The molecule has 238 valence electrons. The predicted molar refractivity (Wildman–Crippen MR) is 229 cm³/mol. The van der Waals surface area contributed by atoms with E-state index in [1.54, 1.807) is 0 Å². The number of rotatable bonds is 10. The molecule has 1 fully saturated rings. The number of hydrogen-bond acceptors (Lipinski definition) is 0. The number of benzene rings is 6. The molecule has 4 heteroatoms. The molecule has 0 spiro atoms. The molecule has 47 heavy (non-hydrogen) atoms. The molecule has 0 aromatic heterocycles. The third-order valence-electron chi connectivity index (χ3n) is 10.6. The van der Waals surface area contributed by atoms with Crippen LogP contribution in [-0.4, -0.2) is 12.3 Å². The second kappa shape index (κ2) is 13.5. The monoisotopic (exact) mass is 874 g/mol. The SMILES string of the molecule is IP(C[C@@H]1CC[C@H](CP(I)(c2ccccc2)(c2ccccc2)c2ccccc2)C1)(c1ccccc1)(c1ccccc1)c1ccccc1. The summed E-state index contributed by atoms with van der Waals surface area (Å²) in [4.78, 5) is 0. The first kappa shape index (κ1) is 33.2. The molecule has 2 atom stereocenters. The van der Waals surface area contributed by atoms with Gasteiger partial charge in [-0.2, -0.15) is 0 Å². The Labute approximate surface area is 307 Å². The normalized spacial score (nSPS) is 18.4. The van der Waals surface area contributed by atoms with Crippen molar-refractivity contribution in [3.8, 4) is 0 Å². The molecule has 1 aliphatic carbocycles. The minimum atomic E-state index is -2.84. The zero-order chi connectivity index (χ0) is 32.3. The van der Waals surface area contributed by atoms with Crippen molar-refractivity contribution in [2.75, 3.05) is 12.3 Å². The van der Waals surface area contributed by atoms with Gasteiger partial charge in [0, 0.05) is 0 Å². The van der Waals surface area contributed by atoms with Crippen molar-refractivity contribution in [1.82, 2.24) is 0 Å². The number of hydrogen-bond donors (Lipinski definition) is 0. The summed E-state index contributed by atoms with van der Waals surface area (Å²) in [5, 5.41) is 8.95.